The van der Waals surface area contributed by atoms with E-state index in [2.05, 4.69) is 5.10 Å². The van der Waals surface area contributed by atoms with Crippen LogP contribution in [0.5, 0.6) is 0 Å². The molecule has 3 N–H and O–H groups in total. The van der Waals surface area contributed by atoms with Crippen molar-refractivity contribution in [3.05, 3.63) is 17.5 Å². The number of H-pyrrole nitrogens is 1. The maximum Gasteiger partial charge on any atom is 0.435 e. The molecule has 1 aromatic rings. The first-order chi connectivity index (χ1) is 6.32. The fourth-order valence-corrected chi connectivity index (χ4v) is 0.755. The van der Waals surface area contributed by atoms with Gasteiger partial charge in [-0.1, -0.05) is 0 Å². The molecular weight excluding hydrogens is 205 g/mol. The van der Waals surface area contributed by atoms with Crippen LogP contribution >= 0.6 is 0 Å². The molecule has 0 bridgehead atoms. The number of carboxylic acid groups (broad SMARTS) is 1. The molecule has 1 atom stereocenters. The average Bonchev–Trinajstić information content (AvgIpc) is 2.49. The number of carboxylic acids is 1. The second-order valence-corrected chi connectivity index (χ2v) is 2.45. The molecule has 0 amide bonds. The molecule has 0 aliphatic heterocycles. The summed E-state index contributed by atoms with van der Waals surface area (Å²) in [5, 5.41) is 21.7. The molecule has 0 aliphatic rings. The molecule has 1 rings (SSSR count). The quantitative estimate of drug-likeness (QED) is 0.665. The standard InChI is InChI=1S/C6H5F3N2O3/c7-6(8,9)3-1-2(10-11-3)4(12)5(13)14/h1,4,12H,(H,10,11)(H,13,14). The van der Waals surface area contributed by atoms with Crippen molar-refractivity contribution in [1.29, 1.82) is 0 Å². The molecule has 0 aromatic carbocycles. The molecule has 0 saturated carbocycles. The summed E-state index contributed by atoms with van der Waals surface area (Å²) in [6, 6.07) is 0.443. The highest BCUT2D eigenvalue weighted by atomic mass is 19.4. The van der Waals surface area contributed by atoms with Crippen molar-refractivity contribution in [3.63, 3.8) is 0 Å². The van der Waals surface area contributed by atoms with E-state index < -0.39 is 29.6 Å². The van der Waals surface area contributed by atoms with Gasteiger partial charge in [0.2, 0.25) is 0 Å². The van der Waals surface area contributed by atoms with Crippen LogP contribution in [-0.2, 0) is 11.0 Å². The van der Waals surface area contributed by atoms with E-state index in [1.807, 2.05) is 0 Å². The molecule has 5 nitrogen and oxygen atoms in total. The van der Waals surface area contributed by atoms with E-state index in [-0.39, 0.29) is 0 Å². The first-order valence-corrected chi connectivity index (χ1v) is 3.35. The zero-order chi connectivity index (χ0) is 10.9. The van der Waals surface area contributed by atoms with Crippen molar-refractivity contribution >= 4 is 5.97 Å². The maximum atomic E-state index is 12.0. The third-order valence-corrected chi connectivity index (χ3v) is 1.42. The Hall–Kier alpha value is -1.57. The first kappa shape index (κ1) is 10.5. The molecule has 78 valence electrons. The zero-order valence-corrected chi connectivity index (χ0v) is 6.54. The number of aromatic nitrogens is 2. The SMILES string of the molecule is O=C(O)C(O)c1cc(C(F)(F)F)n[nH]1. The van der Waals surface area contributed by atoms with Crippen molar-refractivity contribution in [3.8, 4) is 0 Å². The van der Waals surface area contributed by atoms with Crippen LogP contribution in [-0.4, -0.2) is 26.4 Å². The van der Waals surface area contributed by atoms with Crippen molar-refractivity contribution < 1.29 is 28.2 Å². The van der Waals surface area contributed by atoms with E-state index in [1.54, 1.807) is 5.10 Å². The van der Waals surface area contributed by atoms with Gasteiger partial charge in [0.1, 0.15) is 0 Å². The van der Waals surface area contributed by atoms with Gasteiger partial charge in [0.05, 0.1) is 5.69 Å². The lowest BCUT2D eigenvalue weighted by molar-refractivity contribution is -0.147. The van der Waals surface area contributed by atoms with Crippen molar-refractivity contribution in [2.75, 3.05) is 0 Å². The van der Waals surface area contributed by atoms with Crippen LogP contribution in [0.4, 0.5) is 13.2 Å². The normalized spacial score (nSPS) is 14.0. The molecule has 1 unspecified atom stereocenters. The summed E-state index contributed by atoms with van der Waals surface area (Å²) in [7, 11) is 0. The second kappa shape index (κ2) is 3.29. The lowest BCUT2D eigenvalue weighted by Crippen LogP contribution is -2.10. The number of hydrogen-bond donors (Lipinski definition) is 3. The monoisotopic (exact) mass is 210 g/mol. The van der Waals surface area contributed by atoms with Gasteiger partial charge in [-0.15, -0.1) is 0 Å². The Morgan fingerprint density at radius 3 is 2.50 bits per heavy atom. The van der Waals surface area contributed by atoms with Gasteiger partial charge in [-0.05, 0) is 6.07 Å². The third kappa shape index (κ3) is 2.02. The molecule has 0 radical (unpaired) electrons. The Balaban J connectivity index is 2.94. The maximum absolute atomic E-state index is 12.0. The fraction of sp³-hybridized carbons (Fsp3) is 0.333. The van der Waals surface area contributed by atoms with Gasteiger partial charge in [0.25, 0.3) is 0 Å². The van der Waals surface area contributed by atoms with E-state index in [0.29, 0.717) is 6.07 Å². The lowest BCUT2D eigenvalue weighted by Gasteiger charge is -2.00. The minimum atomic E-state index is -4.66. The lowest BCUT2D eigenvalue weighted by atomic mass is 10.2. The fourth-order valence-electron chi connectivity index (χ4n) is 0.755. The minimum Gasteiger partial charge on any atom is -0.479 e. The summed E-state index contributed by atoms with van der Waals surface area (Å²) < 4.78 is 35.9. The minimum absolute atomic E-state index is 0.443. The summed E-state index contributed by atoms with van der Waals surface area (Å²) in [6.07, 6.45) is -6.69. The van der Waals surface area contributed by atoms with Crippen molar-refractivity contribution in [2.45, 2.75) is 12.3 Å². The zero-order valence-electron chi connectivity index (χ0n) is 6.54. The molecule has 0 fully saturated rings. The number of carbonyl (C=O) groups is 1. The van der Waals surface area contributed by atoms with E-state index in [0.717, 1.165) is 0 Å². The highest BCUT2D eigenvalue weighted by molar-refractivity contribution is 5.73. The van der Waals surface area contributed by atoms with Gasteiger partial charge >= 0.3 is 12.1 Å². The van der Waals surface area contributed by atoms with Gasteiger partial charge in [-0.2, -0.15) is 18.3 Å². The summed E-state index contributed by atoms with van der Waals surface area (Å²) in [5.74, 6) is -1.65. The second-order valence-electron chi connectivity index (χ2n) is 2.45. The molecule has 0 aliphatic carbocycles. The van der Waals surface area contributed by atoms with Crippen LogP contribution in [0.25, 0.3) is 0 Å². The first-order valence-electron chi connectivity index (χ1n) is 3.35. The Morgan fingerprint density at radius 2 is 2.14 bits per heavy atom. The Bertz CT molecular complexity index is 346. The van der Waals surface area contributed by atoms with Crippen LogP contribution in [0.3, 0.4) is 0 Å². The molecule has 14 heavy (non-hydrogen) atoms. The number of aromatic amines is 1. The summed E-state index contributed by atoms with van der Waals surface area (Å²) in [6.45, 7) is 0. The number of nitrogens with one attached hydrogen (secondary N) is 1. The van der Waals surface area contributed by atoms with E-state index in [4.69, 9.17) is 10.2 Å². The van der Waals surface area contributed by atoms with Gasteiger partial charge in [0, 0.05) is 0 Å². The number of rotatable bonds is 2. The molecule has 1 heterocycles. The van der Waals surface area contributed by atoms with Gasteiger partial charge in [-0.3, -0.25) is 5.10 Å². The van der Waals surface area contributed by atoms with Gasteiger partial charge in [-0.25, -0.2) is 4.79 Å². The number of aliphatic carboxylic acids is 1. The highest BCUT2D eigenvalue weighted by Gasteiger charge is 2.35. The van der Waals surface area contributed by atoms with Gasteiger partial charge < -0.3 is 10.2 Å². The molecular formula is C6H5F3N2O3. The highest BCUT2D eigenvalue weighted by Crippen LogP contribution is 2.28. The third-order valence-electron chi connectivity index (χ3n) is 1.42. The van der Waals surface area contributed by atoms with E-state index >= 15 is 0 Å². The van der Waals surface area contributed by atoms with Crippen LogP contribution in [0, 0.1) is 0 Å². The molecule has 1 aromatic heterocycles. The number of halogens is 3. The Kier molecular flexibility index (Phi) is 2.47. The molecule has 8 heteroatoms. The number of aliphatic hydroxyl groups is 1. The number of alkyl halides is 3. The van der Waals surface area contributed by atoms with Gasteiger partial charge in [0.15, 0.2) is 11.8 Å². The van der Waals surface area contributed by atoms with Crippen LogP contribution in [0.1, 0.15) is 17.5 Å². The molecule has 0 spiro atoms. The number of nitrogens with zero attached hydrogens (tertiary/aromatic N) is 1. The van der Waals surface area contributed by atoms with Crippen LogP contribution < -0.4 is 0 Å². The molecule has 0 saturated heterocycles. The van der Waals surface area contributed by atoms with Crippen LogP contribution in [0.15, 0.2) is 6.07 Å². The number of aliphatic hydroxyl groups excluding tert-OH is 1. The topological polar surface area (TPSA) is 86.2 Å². The van der Waals surface area contributed by atoms with E-state index in [9.17, 15) is 18.0 Å². The number of hydrogen-bond acceptors (Lipinski definition) is 3. The Labute approximate surface area is 75.2 Å². The summed E-state index contributed by atoms with van der Waals surface area (Å²) in [4.78, 5) is 10.2. The Morgan fingerprint density at radius 1 is 1.57 bits per heavy atom. The van der Waals surface area contributed by atoms with E-state index in [1.165, 1.54) is 0 Å². The average molecular weight is 210 g/mol. The largest absolute Gasteiger partial charge is 0.479 e. The van der Waals surface area contributed by atoms with Crippen LogP contribution in [0.2, 0.25) is 0 Å². The van der Waals surface area contributed by atoms with Crippen molar-refractivity contribution in [1.82, 2.24) is 10.2 Å². The predicted molar refractivity (Wildman–Crippen MR) is 36.2 cm³/mol. The smallest absolute Gasteiger partial charge is 0.435 e. The van der Waals surface area contributed by atoms with Crippen molar-refractivity contribution in [2.24, 2.45) is 0 Å². The summed E-state index contributed by atoms with van der Waals surface area (Å²) >= 11 is 0. The summed E-state index contributed by atoms with van der Waals surface area (Å²) in [5.41, 5.74) is -1.78. The predicted octanol–water partition coefficient (Wildman–Crippen LogP) is 0.546.